The first kappa shape index (κ1) is 19.1. The average Bonchev–Trinajstić information content (AvgIpc) is 3.20. The maximum absolute atomic E-state index is 10.2. The first-order valence-electron chi connectivity index (χ1n) is 9.05. The maximum Gasteiger partial charge on any atom is 0.245 e. The van der Waals surface area contributed by atoms with Crippen molar-refractivity contribution in [3.05, 3.63) is 53.1 Å². The number of aromatic hydroxyl groups is 1. The normalized spacial score (nSPS) is 11.2. The highest BCUT2D eigenvalue weighted by Crippen LogP contribution is 2.29. The van der Waals surface area contributed by atoms with Crippen LogP contribution in [0.2, 0.25) is 0 Å². The van der Waals surface area contributed by atoms with Gasteiger partial charge in [0.25, 0.3) is 0 Å². The van der Waals surface area contributed by atoms with Crippen LogP contribution in [0.4, 0.5) is 17.3 Å². The summed E-state index contributed by atoms with van der Waals surface area (Å²) in [6.45, 7) is 4.04. The number of aryl methyl sites for hydroxylation is 1. The van der Waals surface area contributed by atoms with E-state index in [2.05, 4.69) is 36.1 Å². The van der Waals surface area contributed by atoms with Crippen LogP contribution in [0, 0.1) is 13.8 Å². The van der Waals surface area contributed by atoms with Crippen molar-refractivity contribution in [1.82, 2.24) is 20.3 Å². The van der Waals surface area contributed by atoms with Gasteiger partial charge in [0.2, 0.25) is 11.3 Å². The van der Waals surface area contributed by atoms with Crippen LogP contribution in [0.1, 0.15) is 16.7 Å². The molecular formula is C20H19N7O3. The second-order valence-electron chi connectivity index (χ2n) is 6.47. The summed E-state index contributed by atoms with van der Waals surface area (Å²) >= 11 is 0. The number of phenols is 1. The Morgan fingerprint density at radius 3 is 2.53 bits per heavy atom. The molecule has 0 atom stereocenters. The lowest BCUT2D eigenvalue weighted by Crippen LogP contribution is -2.04. The molecule has 30 heavy (non-hydrogen) atoms. The number of hydrazone groups is 1. The number of hydrogen-bond acceptors (Lipinski definition) is 10. The van der Waals surface area contributed by atoms with Crippen molar-refractivity contribution in [1.29, 1.82) is 0 Å². The van der Waals surface area contributed by atoms with Crippen molar-refractivity contribution >= 4 is 34.8 Å². The lowest BCUT2D eigenvalue weighted by atomic mass is 10.1. The summed E-state index contributed by atoms with van der Waals surface area (Å²) in [4.78, 5) is 8.79. The number of nitrogens with one attached hydrogen (secondary N) is 2. The number of anilines is 3. The minimum atomic E-state index is -0.0125. The maximum atomic E-state index is 10.2. The average molecular weight is 405 g/mol. The van der Waals surface area contributed by atoms with Gasteiger partial charge in [0.05, 0.1) is 13.3 Å². The fourth-order valence-corrected chi connectivity index (χ4v) is 2.79. The smallest absolute Gasteiger partial charge is 0.245 e. The molecule has 3 N–H and O–H groups in total. The third-order valence-electron chi connectivity index (χ3n) is 4.60. The number of aromatic nitrogens is 4. The zero-order valence-corrected chi connectivity index (χ0v) is 16.5. The van der Waals surface area contributed by atoms with E-state index < -0.39 is 0 Å². The van der Waals surface area contributed by atoms with Crippen LogP contribution in [-0.2, 0) is 0 Å². The van der Waals surface area contributed by atoms with Crippen LogP contribution in [0.15, 0.2) is 46.1 Å². The molecule has 0 amide bonds. The molecule has 0 saturated heterocycles. The summed E-state index contributed by atoms with van der Waals surface area (Å²) in [7, 11) is 1.48. The zero-order chi connectivity index (χ0) is 21.1. The second-order valence-corrected chi connectivity index (χ2v) is 6.47. The van der Waals surface area contributed by atoms with Crippen LogP contribution in [0.3, 0.4) is 0 Å². The molecule has 4 rings (SSSR count). The molecule has 0 radical (unpaired) electrons. The Labute approximate surface area is 171 Å². The second kappa shape index (κ2) is 8.03. The van der Waals surface area contributed by atoms with Gasteiger partial charge in [-0.1, -0.05) is 18.2 Å². The molecular weight excluding hydrogens is 386 g/mol. The summed E-state index contributed by atoms with van der Waals surface area (Å²) in [5, 5.41) is 25.1. The van der Waals surface area contributed by atoms with E-state index in [1.54, 1.807) is 18.2 Å². The highest BCUT2D eigenvalue weighted by atomic mass is 16.6. The number of benzene rings is 2. The van der Waals surface area contributed by atoms with Crippen molar-refractivity contribution < 1.29 is 14.5 Å². The van der Waals surface area contributed by atoms with E-state index in [4.69, 9.17) is 9.37 Å². The highest BCUT2D eigenvalue weighted by Gasteiger charge is 2.14. The molecule has 0 bridgehead atoms. The Bertz CT molecular complexity index is 1240. The molecule has 10 nitrogen and oxygen atoms in total. The molecule has 0 spiro atoms. The molecule has 2 aromatic carbocycles. The lowest BCUT2D eigenvalue weighted by molar-refractivity contribution is 0.314. The summed E-state index contributed by atoms with van der Waals surface area (Å²) in [6, 6.07) is 11.0. The van der Waals surface area contributed by atoms with Gasteiger partial charge in [0.1, 0.15) is 0 Å². The van der Waals surface area contributed by atoms with Crippen molar-refractivity contribution in [2.45, 2.75) is 13.8 Å². The van der Waals surface area contributed by atoms with E-state index in [0.717, 1.165) is 16.8 Å². The Morgan fingerprint density at radius 2 is 1.77 bits per heavy atom. The van der Waals surface area contributed by atoms with Gasteiger partial charge in [-0.2, -0.15) is 10.1 Å². The number of rotatable bonds is 6. The third-order valence-corrected chi connectivity index (χ3v) is 4.60. The third kappa shape index (κ3) is 3.70. The standard InChI is InChI=1S/C20H19N7O3/c1-11-6-4-8-14(12(11)2)22-17-18(24-20-19(23-17)26-30-27-20)25-21-10-13-7-5-9-15(29-3)16(13)28/h4-10,28H,1-3H3,(H,22,23,26)(H,24,25,27)/b21-10+. The van der Waals surface area contributed by atoms with Gasteiger partial charge < -0.3 is 15.2 Å². The minimum Gasteiger partial charge on any atom is -0.504 e. The van der Waals surface area contributed by atoms with E-state index in [-0.39, 0.29) is 17.0 Å². The molecule has 4 aromatic rings. The van der Waals surface area contributed by atoms with Crippen LogP contribution in [0.5, 0.6) is 11.5 Å². The predicted molar refractivity (Wildman–Crippen MR) is 112 cm³/mol. The summed E-state index contributed by atoms with van der Waals surface area (Å²) in [5.74, 6) is 1.06. The lowest BCUT2D eigenvalue weighted by Gasteiger charge is -2.12. The number of hydrogen-bond donors (Lipinski definition) is 3. The minimum absolute atomic E-state index is 0.0125. The molecule has 0 aliphatic carbocycles. The quantitative estimate of drug-likeness (QED) is 0.326. The molecule has 2 heterocycles. The van der Waals surface area contributed by atoms with E-state index in [0.29, 0.717) is 22.9 Å². The van der Waals surface area contributed by atoms with Crippen LogP contribution >= 0.6 is 0 Å². The number of methoxy groups -OCH3 is 1. The van der Waals surface area contributed by atoms with Crippen molar-refractivity contribution in [2.24, 2.45) is 5.10 Å². The summed E-state index contributed by atoms with van der Waals surface area (Å²) in [5.41, 5.74) is 6.90. The zero-order valence-electron chi connectivity index (χ0n) is 16.5. The predicted octanol–water partition coefficient (Wildman–Crippen LogP) is 3.53. The Kier molecular flexibility index (Phi) is 5.12. The van der Waals surface area contributed by atoms with E-state index in [1.165, 1.54) is 13.3 Å². The SMILES string of the molecule is COc1cccc(/C=N/Nc2nc3nonc3nc2Nc2cccc(C)c2C)c1O. The van der Waals surface area contributed by atoms with Gasteiger partial charge in [0, 0.05) is 11.3 Å². The summed E-state index contributed by atoms with van der Waals surface area (Å²) in [6.07, 6.45) is 1.45. The van der Waals surface area contributed by atoms with Crippen molar-refractivity contribution in [3.8, 4) is 11.5 Å². The van der Waals surface area contributed by atoms with Gasteiger partial charge in [-0.25, -0.2) is 9.61 Å². The van der Waals surface area contributed by atoms with Gasteiger partial charge in [0.15, 0.2) is 23.1 Å². The van der Waals surface area contributed by atoms with Crippen molar-refractivity contribution in [2.75, 3.05) is 17.9 Å². The molecule has 2 aromatic heterocycles. The number of nitrogens with zero attached hydrogens (tertiary/aromatic N) is 5. The fraction of sp³-hybridized carbons (Fsp3) is 0.150. The number of para-hydroxylation sites is 1. The summed E-state index contributed by atoms with van der Waals surface area (Å²) < 4.78 is 9.82. The molecule has 10 heteroatoms. The first-order valence-corrected chi connectivity index (χ1v) is 9.05. The molecule has 152 valence electrons. The largest absolute Gasteiger partial charge is 0.504 e. The molecule has 0 unspecified atom stereocenters. The van der Waals surface area contributed by atoms with E-state index >= 15 is 0 Å². The van der Waals surface area contributed by atoms with Gasteiger partial charge in [-0.05, 0) is 53.5 Å². The molecule has 0 fully saturated rings. The van der Waals surface area contributed by atoms with E-state index in [9.17, 15) is 5.11 Å². The molecule has 0 saturated carbocycles. The van der Waals surface area contributed by atoms with Gasteiger partial charge in [-0.15, -0.1) is 0 Å². The Balaban J connectivity index is 1.66. The topological polar surface area (TPSA) is 131 Å². The number of phenolic OH excluding ortho intramolecular Hbond substituents is 1. The van der Waals surface area contributed by atoms with Crippen LogP contribution in [-0.4, -0.2) is 38.7 Å². The van der Waals surface area contributed by atoms with Gasteiger partial charge in [-0.3, -0.25) is 5.43 Å². The van der Waals surface area contributed by atoms with Crippen LogP contribution < -0.4 is 15.5 Å². The Hall–Kier alpha value is -4.21. The van der Waals surface area contributed by atoms with Crippen molar-refractivity contribution in [3.63, 3.8) is 0 Å². The number of ether oxygens (including phenoxy) is 1. The first-order chi connectivity index (χ1) is 14.6. The number of fused-ring (bicyclic) bond motifs is 1. The Morgan fingerprint density at radius 1 is 1.03 bits per heavy atom. The molecule has 0 aliphatic heterocycles. The molecule has 0 aliphatic rings. The monoisotopic (exact) mass is 405 g/mol. The van der Waals surface area contributed by atoms with Gasteiger partial charge >= 0.3 is 0 Å². The van der Waals surface area contributed by atoms with E-state index in [1.807, 2.05) is 32.0 Å². The highest BCUT2D eigenvalue weighted by molar-refractivity contribution is 5.86. The van der Waals surface area contributed by atoms with Crippen LogP contribution in [0.25, 0.3) is 11.3 Å². The fourth-order valence-electron chi connectivity index (χ4n) is 2.79.